The maximum absolute atomic E-state index is 13.4. The van der Waals surface area contributed by atoms with Gasteiger partial charge in [-0.15, -0.1) is 0 Å². The van der Waals surface area contributed by atoms with Crippen molar-refractivity contribution in [3.63, 3.8) is 0 Å². The molecule has 1 fully saturated rings. The molecule has 1 saturated heterocycles. The van der Waals surface area contributed by atoms with E-state index in [0.717, 1.165) is 10.5 Å². The number of nitrogens with one attached hydrogen (secondary N) is 1. The van der Waals surface area contributed by atoms with Gasteiger partial charge in [0.25, 0.3) is 5.91 Å². The number of ether oxygens (including phenoxy) is 2. The molecule has 174 valence electrons. The Morgan fingerprint density at radius 2 is 1.73 bits per heavy atom. The molecule has 0 saturated carbocycles. The van der Waals surface area contributed by atoms with Crippen molar-refractivity contribution in [3.05, 3.63) is 59.7 Å². The summed E-state index contributed by atoms with van der Waals surface area (Å²) >= 11 is 0. The fraction of sp³-hybridized carbons (Fsp3) is 0.400. The van der Waals surface area contributed by atoms with Crippen LogP contribution < -0.4 is 14.8 Å². The van der Waals surface area contributed by atoms with E-state index in [-0.39, 0.29) is 12.5 Å². The first-order chi connectivity index (χ1) is 15.6. The fourth-order valence-electron chi connectivity index (χ4n) is 4.08. The van der Waals surface area contributed by atoms with Crippen LogP contribution in [-0.4, -0.2) is 52.9 Å². The number of amides is 4. The minimum Gasteiger partial charge on any atom is -0.486 e. The number of hydrogen-bond acceptors (Lipinski definition) is 5. The highest BCUT2D eigenvalue weighted by atomic mass is 16.6. The molecular formula is C25H29N3O5. The van der Waals surface area contributed by atoms with Crippen molar-refractivity contribution < 1.29 is 23.9 Å². The second-order valence-corrected chi connectivity index (χ2v) is 9.44. The minimum atomic E-state index is -1.31. The molecule has 0 aliphatic carbocycles. The molecule has 0 radical (unpaired) electrons. The fourth-order valence-corrected chi connectivity index (χ4v) is 4.08. The summed E-state index contributed by atoms with van der Waals surface area (Å²) in [6, 6.07) is 14.2. The van der Waals surface area contributed by atoms with E-state index in [4.69, 9.17) is 9.47 Å². The van der Waals surface area contributed by atoms with Crippen LogP contribution in [0.4, 0.5) is 4.79 Å². The highest BCUT2D eigenvalue weighted by Gasteiger charge is 2.50. The predicted octanol–water partition coefficient (Wildman–Crippen LogP) is 3.05. The third-order valence-corrected chi connectivity index (χ3v) is 5.98. The lowest BCUT2D eigenvalue weighted by Crippen LogP contribution is -2.50. The molecule has 1 atom stereocenters. The monoisotopic (exact) mass is 451 g/mol. The number of nitrogens with zero attached hydrogens (tertiary/aromatic N) is 2. The molecule has 33 heavy (non-hydrogen) atoms. The zero-order valence-electron chi connectivity index (χ0n) is 19.4. The summed E-state index contributed by atoms with van der Waals surface area (Å²) in [4.78, 5) is 42.1. The molecule has 2 aromatic rings. The number of carbonyl (C=O) groups is 3. The lowest BCUT2D eigenvalue weighted by molar-refractivity contribution is -0.142. The Bertz CT molecular complexity index is 1080. The van der Waals surface area contributed by atoms with Gasteiger partial charge >= 0.3 is 6.03 Å². The molecular weight excluding hydrogens is 422 g/mol. The van der Waals surface area contributed by atoms with Crippen molar-refractivity contribution in [2.75, 3.05) is 19.8 Å². The molecule has 0 bridgehead atoms. The van der Waals surface area contributed by atoms with Crippen LogP contribution in [0, 0.1) is 0 Å². The van der Waals surface area contributed by atoms with Crippen LogP contribution in [0.1, 0.15) is 38.8 Å². The van der Waals surface area contributed by atoms with E-state index in [2.05, 4.69) is 5.32 Å². The molecule has 2 heterocycles. The molecule has 2 aliphatic rings. The molecule has 2 aromatic carbocycles. The van der Waals surface area contributed by atoms with E-state index in [1.54, 1.807) is 30.0 Å². The molecule has 8 nitrogen and oxygen atoms in total. The number of fused-ring (bicyclic) bond motifs is 1. The van der Waals surface area contributed by atoms with Crippen LogP contribution in [0.5, 0.6) is 11.5 Å². The summed E-state index contributed by atoms with van der Waals surface area (Å²) in [5.41, 5.74) is -0.263. The molecule has 0 aromatic heterocycles. The summed E-state index contributed by atoms with van der Waals surface area (Å²) in [6.07, 6.45) is 0. The Morgan fingerprint density at radius 3 is 2.39 bits per heavy atom. The molecule has 1 unspecified atom stereocenters. The first kappa shape index (κ1) is 22.6. The van der Waals surface area contributed by atoms with Crippen LogP contribution in [0.2, 0.25) is 0 Å². The van der Waals surface area contributed by atoms with Crippen molar-refractivity contribution in [2.45, 2.75) is 45.3 Å². The Kier molecular flexibility index (Phi) is 5.78. The smallest absolute Gasteiger partial charge is 0.325 e. The van der Waals surface area contributed by atoms with Gasteiger partial charge < -0.3 is 19.7 Å². The van der Waals surface area contributed by atoms with Gasteiger partial charge in [0.2, 0.25) is 5.91 Å². The minimum absolute atomic E-state index is 0.304. The normalized spacial score (nSPS) is 19.9. The highest BCUT2D eigenvalue weighted by molar-refractivity contribution is 6.09. The van der Waals surface area contributed by atoms with Crippen molar-refractivity contribution in [1.29, 1.82) is 0 Å². The van der Waals surface area contributed by atoms with Crippen molar-refractivity contribution in [3.8, 4) is 11.5 Å². The molecule has 0 spiro atoms. The average molecular weight is 452 g/mol. The van der Waals surface area contributed by atoms with E-state index in [0.29, 0.717) is 36.8 Å². The molecule has 2 aliphatic heterocycles. The maximum Gasteiger partial charge on any atom is 0.325 e. The lowest BCUT2D eigenvalue weighted by atomic mass is 9.91. The third kappa shape index (κ3) is 4.37. The van der Waals surface area contributed by atoms with Crippen molar-refractivity contribution in [2.24, 2.45) is 0 Å². The Morgan fingerprint density at radius 1 is 1.06 bits per heavy atom. The number of hydrogen-bond donors (Lipinski definition) is 1. The second-order valence-electron chi connectivity index (χ2n) is 9.44. The van der Waals surface area contributed by atoms with Crippen molar-refractivity contribution >= 4 is 17.8 Å². The largest absolute Gasteiger partial charge is 0.486 e. The first-order valence-electron chi connectivity index (χ1n) is 11.0. The maximum atomic E-state index is 13.4. The van der Waals surface area contributed by atoms with Gasteiger partial charge in [-0.2, -0.15) is 0 Å². The zero-order valence-corrected chi connectivity index (χ0v) is 19.4. The van der Waals surface area contributed by atoms with E-state index in [1.165, 1.54) is 0 Å². The van der Waals surface area contributed by atoms with Crippen LogP contribution in [0.3, 0.4) is 0 Å². The SMILES string of the molecule is CC1(c2ccc3c(c2)OCCO3)NC(=O)N(CC(=O)N(Cc2ccccc2)C(C)(C)C)C1=O. The van der Waals surface area contributed by atoms with Gasteiger partial charge in [0.05, 0.1) is 0 Å². The Hall–Kier alpha value is -3.55. The van der Waals surface area contributed by atoms with E-state index >= 15 is 0 Å². The summed E-state index contributed by atoms with van der Waals surface area (Å²) in [6.45, 7) is 8.34. The summed E-state index contributed by atoms with van der Waals surface area (Å²) < 4.78 is 11.2. The summed E-state index contributed by atoms with van der Waals surface area (Å²) in [5.74, 6) is 0.338. The summed E-state index contributed by atoms with van der Waals surface area (Å²) in [7, 11) is 0. The topological polar surface area (TPSA) is 88.2 Å². The van der Waals surface area contributed by atoms with Gasteiger partial charge in [0.1, 0.15) is 25.3 Å². The van der Waals surface area contributed by atoms with Gasteiger partial charge in [-0.1, -0.05) is 36.4 Å². The van der Waals surface area contributed by atoms with Gasteiger partial charge in [-0.25, -0.2) is 4.79 Å². The van der Waals surface area contributed by atoms with E-state index in [1.807, 2.05) is 51.1 Å². The Balaban J connectivity index is 1.55. The van der Waals surface area contributed by atoms with Gasteiger partial charge in [0.15, 0.2) is 11.5 Å². The zero-order chi connectivity index (χ0) is 23.8. The first-order valence-corrected chi connectivity index (χ1v) is 11.0. The Labute approximate surface area is 193 Å². The predicted molar refractivity (Wildman–Crippen MR) is 122 cm³/mol. The summed E-state index contributed by atoms with van der Waals surface area (Å²) in [5, 5.41) is 2.76. The second kappa shape index (κ2) is 8.42. The average Bonchev–Trinajstić information content (AvgIpc) is 3.01. The highest BCUT2D eigenvalue weighted by Crippen LogP contribution is 2.37. The van der Waals surface area contributed by atoms with Crippen LogP contribution in [-0.2, 0) is 21.7 Å². The van der Waals surface area contributed by atoms with Crippen LogP contribution >= 0.6 is 0 Å². The van der Waals surface area contributed by atoms with Gasteiger partial charge in [-0.05, 0) is 51.0 Å². The molecule has 4 rings (SSSR count). The number of urea groups is 1. The number of imide groups is 1. The third-order valence-electron chi connectivity index (χ3n) is 5.98. The van der Waals surface area contributed by atoms with Crippen molar-refractivity contribution in [1.82, 2.24) is 15.1 Å². The van der Waals surface area contributed by atoms with Gasteiger partial charge in [0, 0.05) is 12.1 Å². The van der Waals surface area contributed by atoms with E-state index < -0.39 is 23.0 Å². The number of rotatable bonds is 5. The lowest BCUT2D eigenvalue weighted by Gasteiger charge is -2.36. The molecule has 8 heteroatoms. The van der Waals surface area contributed by atoms with Crippen LogP contribution in [0.15, 0.2) is 48.5 Å². The number of benzene rings is 2. The van der Waals surface area contributed by atoms with E-state index in [9.17, 15) is 14.4 Å². The van der Waals surface area contributed by atoms with Gasteiger partial charge in [-0.3, -0.25) is 14.5 Å². The molecule has 1 N–H and O–H groups in total. The quantitative estimate of drug-likeness (QED) is 0.706. The number of carbonyl (C=O) groups excluding carboxylic acids is 3. The van der Waals surface area contributed by atoms with Crippen LogP contribution in [0.25, 0.3) is 0 Å². The molecule has 4 amide bonds. The standard InChI is InChI=1S/C25H29N3O5/c1-24(2,3)28(15-17-8-6-5-7-9-17)21(29)16-27-22(30)25(4,26-23(27)31)18-10-11-19-20(14-18)33-13-12-32-19/h5-11,14H,12-13,15-16H2,1-4H3,(H,26,31).